The first-order valence-corrected chi connectivity index (χ1v) is 7.93. The van der Waals surface area contributed by atoms with Crippen LogP contribution in [0.4, 0.5) is 18.9 Å². The molecule has 0 aliphatic heterocycles. The molecule has 1 aromatic heterocycles. The molecule has 0 unspecified atom stereocenters. The first-order valence-electron chi connectivity index (χ1n) is 7.56. The summed E-state index contributed by atoms with van der Waals surface area (Å²) in [4.78, 5) is 12.6. The molecule has 0 aliphatic rings. The second-order valence-corrected chi connectivity index (χ2v) is 5.98. The van der Waals surface area contributed by atoms with Crippen LogP contribution in [0.2, 0.25) is 5.02 Å². The lowest BCUT2D eigenvalue weighted by Gasteiger charge is -2.10. The first-order chi connectivity index (χ1) is 12.3. The van der Waals surface area contributed by atoms with E-state index >= 15 is 0 Å². The van der Waals surface area contributed by atoms with Gasteiger partial charge >= 0.3 is 6.18 Å². The molecular weight excluding hydrogens is 367 g/mol. The number of aryl methyl sites for hydroxylation is 1. The predicted molar refractivity (Wildman–Crippen MR) is 93.2 cm³/mol. The standard InChI is InChI=1S/C18H13ClF3N3O/c1-10-15(16(25-24-10)13-4-2-3-5-14(13)19)17(26)23-12-8-6-11(7-9-12)18(20,21)22/h2-9H,1H3,(H,23,26)(H,24,25). The van der Waals surface area contributed by atoms with E-state index in [0.29, 0.717) is 22.0 Å². The number of aromatic amines is 1. The van der Waals surface area contributed by atoms with Gasteiger partial charge in [-0.05, 0) is 37.3 Å². The van der Waals surface area contributed by atoms with Gasteiger partial charge in [-0.1, -0.05) is 29.8 Å². The van der Waals surface area contributed by atoms with Crippen molar-refractivity contribution in [2.24, 2.45) is 0 Å². The third-order valence-electron chi connectivity index (χ3n) is 3.79. The minimum atomic E-state index is -4.43. The molecule has 134 valence electrons. The van der Waals surface area contributed by atoms with E-state index in [1.807, 2.05) is 0 Å². The van der Waals surface area contributed by atoms with E-state index in [1.165, 1.54) is 12.1 Å². The number of nitrogens with one attached hydrogen (secondary N) is 2. The molecular formula is C18H13ClF3N3O. The van der Waals surface area contributed by atoms with E-state index < -0.39 is 17.6 Å². The van der Waals surface area contributed by atoms with Gasteiger partial charge in [-0.3, -0.25) is 9.89 Å². The van der Waals surface area contributed by atoms with Crippen LogP contribution in [0.25, 0.3) is 11.3 Å². The van der Waals surface area contributed by atoms with Gasteiger partial charge < -0.3 is 5.32 Å². The Morgan fingerprint density at radius 3 is 2.38 bits per heavy atom. The lowest BCUT2D eigenvalue weighted by atomic mass is 10.1. The number of carbonyl (C=O) groups is 1. The van der Waals surface area contributed by atoms with Crippen molar-refractivity contribution in [3.8, 4) is 11.3 Å². The number of aromatic nitrogens is 2. The van der Waals surface area contributed by atoms with Crippen molar-refractivity contribution in [2.75, 3.05) is 5.32 Å². The van der Waals surface area contributed by atoms with Gasteiger partial charge in [-0.15, -0.1) is 0 Å². The maximum Gasteiger partial charge on any atom is 0.416 e. The van der Waals surface area contributed by atoms with Crippen molar-refractivity contribution in [1.29, 1.82) is 0 Å². The smallest absolute Gasteiger partial charge is 0.322 e. The van der Waals surface area contributed by atoms with Gasteiger partial charge in [0.05, 0.1) is 22.5 Å². The summed E-state index contributed by atoms with van der Waals surface area (Å²) in [7, 11) is 0. The van der Waals surface area contributed by atoms with Gasteiger partial charge in [0.25, 0.3) is 5.91 Å². The average molecular weight is 380 g/mol. The zero-order valence-corrected chi connectivity index (χ0v) is 14.2. The average Bonchev–Trinajstić information content (AvgIpc) is 2.96. The van der Waals surface area contributed by atoms with Gasteiger partial charge in [0.1, 0.15) is 0 Å². The Labute approximate surface area is 152 Å². The van der Waals surface area contributed by atoms with Gasteiger partial charge in [-0.25, -0.2) is 0 Å². The predicted octanol–water partition coefficient (Wildman–Crippen LogP) is 5.31. The molecule has 0 aliphatic carbocycles. The van der Waals surface area contributed by atoms with E-state index in [0.717, 1.165) is 12.1 Å². The number of amides is 1. The number of rotatable bonds is 3. The maximum atomic E-state index is 12.6. The van der Waals surface area contributed by atoms with Crippen LogP contribution in [-0.2, 0) is 6.18 Å². The summed E-state index contributed by atoms with van der Waals surface area (Å²) in [5.41, 5.74) is 1.23. The summed E-state index contributed by atoms with van der Waals surface area (Å²) < 4.78 is 37.9. The quantitative estimate of drug-likeness (QED) is 0.648. The van der Waals surface area contributed by atoms with Gasteiger partial charge in [0.2, 0.25) is 0 Å². The molecule has 2 N–H and O–H groups in total. The third-order valence-corrected chi connectivity index (χ3v) is 4.12. The highest BCUT2D eigenvalue weighted by molar-refractivity contribution is 6.33. The van der Waals surface area contributed by atoms with Crippen LogP contribution in [0, 0.1) is 6.92 Å². The van der Waals surface area contributed by atoms with E-state index in [9.17, 15) is 18.0 Å². The number of hydrogen-bond acceptors (Lipinski definition) is 2. The van der Waals surface area contributed by atoms with Crippen molar-refractivity contribution in [2.45, 2.75) is 13.1 Å². The Morgan fingerprint density at radius 2 is 1.77 bits per heavy atom. The summed E-state index contributed by atoms with van der Waals surface area (Å²) in [6.45, 7) is 1.65. The third kappa shape index (κ3) is 3.57. The molecule has 0 fully saturated rings. The summed E-state index contributed by atoms with van der Waals surface area (Å²) in [5.74, 6) is -0.495. The monoisotopic (exact) mass is 379 g/mol. The van der Waals surface area contributed by atoms with Crippen molar-refractivity contribution in [1.82, 2.24) is 10.2 Å². The molecule has 0 bridgehead atoms. The molecule has 1 amide bonds. The fourth-order valence-corrected chi connectivity index (χ4v) is 2.74. The number of H-pyrrole nitrogens is 1. The highest BCUT2D eigenvalue weighted by Gasteiger charge is 2.30. The highest BCUT2D eigenvalue weighted by Crippen LogP contribution is 2.32. The van der Waals surface area contributed by atoms with Crippen molar-refractivity contribution in [3.63, 3.8) is 0 Å². The van der Waals surface area contributed by atoms with Crippen molar-refractivity contribution < 1.29 is 18.0 Å². The van der Waals surface area contributed by atoms with Crippen LogP contribution in [0.5, 0.6) is 0 Å². The molecule has 0 atom stereocenters. The number of carbonyl (C=O) groups excluding carboxylic acids is 1. The Hall–Kier alpha value is -2.80. The zero-order chi connectivity index (χ0) is 18.9. The van der Waals surface area contributed by atoms with Crippen LogP contribution in [0.1, 0.15) is 21.6 Å². The molecule has 2 aromatic carbocycles. The van der Waals surface area contributed by atoms with E-state index in [1.54, 1.807) is 31.2 Å². The number of nitrogens with zero attached hydrogens (tertiary/aromatic N) is 1. The fourth-order valence-electron chi connectivity index (χ4n) is 2.51. The maximum absolute atomic E-state index is 12.6. The largest absolute Gasteiger partial charge is 0.416 e. The first kappa shape index (κ1) is 18.0. The van der Waals surface area contributed by atoms with Crippen molar-refractivity contribution in [3.05, 3.63) is 70.4 Å². The van der Waals surface area contributed by atoms with Crippen molar-refractivity contribution >= 4 is 23.2 Å². The summed E-state index contributed by atoms with van der Waals surface area (Å²) in [6, 6.07) is 11.2. The molecule has 26 heavy (non-hydrogen) atoms. The van der Waals surface area contributed by atoms with Crippen LogP contribution in [-0.4, -0.2) is 16.1 Å². The molecule has 8 heteroatoms. The minimum Gasteiger partial charge on any atom is -0.322 e. The number of benzene rings is 2. The van der Waals surface area contributed by atoms with Crippen LogP contribution in [0.15, 0.2) is 48.5 Å². The zero-order valence-electron chi connectivity index (χ0n) is 13.5. The van der Waals surface area contributed by atoms with E-state index in [-0.39, 0.29) is 11.3 Å². The summed E-state index contributed by atoms with van der Waals surface area (Å²) in [5, 5.41) is 9.86. The van der Waals surface area contributed by atoms with E-state index in [4.69, 9.17) is 11.6 Å². The van der Waals surface area contributed by atoms with E-state index in [2.05, 4.69) is 15.5 Å². The molecule has 1 heterocycles. The molecule has 4 nitrogen and oxygen atoms in total. The molecule has 3 rings (SSSR count). The lowest BCUT2D eigenvalue weighted by Crippen LogP contribution is -2.14. The second kappa shape index (κ2) is 6.84. The molecule has 0 saturated carbocycles. The SMILES string of the molecule is Cc1n[nH]c(-c2ccccc2Cl)c1C(=O)Nc1ccc(C(F)(F)F)cc1. The summed E-state index contributed by atoms with van der Waals surface area (Å²) >= 11 is 6.18. The normalized spacial score (nSPS) is 11.4. The lowest BCUT2D eigenvalue weighted by molar-refractivity contribution is -0.137. The Bertz CT molecular complexity index is 949. The minimum absolute atomic E-state index is 0.244. The van der Waals surface area contributed by atoms with Crippen LogP contribution < -0.4 is 5.32 Å². The van der Waals surface area contributed by atoms with Gasteiger partial charge in [0.15, 0.2) is 0 Å². The molecule has 0 spiro atoms. The Balaban J connectivity index is 1.90. The summed E-state index contributed by atoms with van der Waals surface area (Å²) in [6.07, 6.45) is -4.43. The number of halogens is 4. The topological polar surface area (TPSA) is 57.8 Å². The van der Waals surface area contributed by atoms with Gasteiger partial charge in [0, 0.05) is 16.3 Å². The van der Waals surface area contributed by atoms with Crippen LogP contribution in [0.3, 0.4) is 0 Å². The highest BCUT2D eigenvalue weighted by atomic mass is 35.5. The molecule has 0 saturated heterocycles. The second-order valence-electron chi connectivity index (χ2n) is 5.57. The Morgan fingerprint density at radius 1 is 1.12 bits per heavy atom. The molecule has 0 radical (unpaired) electrons. The Kier molecular flexibility index (Phi) is 4.73. The van der Waals surface area contributed by atoms with Gasteiger partial charge in [-0.2, -0.15) is 18.3 Å². The number of anilines is 1. The fraction of sp³-hybridized carbons (Fsp3) is 0.111. The number of alkyl halides is 3. The molecule has 3 aromatic rings. The number of hydrogen-bond donors (Lipinski definition) is 2. The van der Waals surface area contributed by atoms with Crippen LogP contribution >= 0.6 is 11.6 Å².